The van der Waals surface area contributed by atoms with Crippen LogP contribution in [0.5, 0.6) is 5.75 Å². The lowest BCUT2D eigenvalue weighted by Crippen LogP contribution is -3.11. The van der Waals surface area contributed by atoms with Gasteiger partial charge in [-0.1, -0.05) is 12.1 Å². The van der Waals surface area contributed by atoms with Crippen LogP contribution in [0.15, 0.2) is 47.4 Å². The van der Waals surface area contributed by atoms with Crippen LogP contribution in [0, 0.1) is 5.82 Å². The predicted octanol–water partition coefficient (Wildman–Crippen LogP) is 2.60. The molecule has 0 aliphatic rings. The Bertz CT molecular complexity index is 724. The van der Waals surface area contributed by atoms with E-state index in [0.717, 1.165) is 27.6 Å². The Morgan fingerprint density at radius 2 is 2.04 bits per heavy atom. The first-order chi connectivity index (χ1) is 12.1. The number of anilines is 1. The molecule has 0 aliphatic heterocycles. The molecule has 25 heavy (non-hydrogen) atoms. The smallest absolute Gasteiger partial charge is 0.279 e. The van der Waals surface area contributed by atoms with E-state index in [1.54, 1.807) is 17.8 Å². The summed E-state index contributed by atoms with van der Waals surface area (Å²) in [5.74, 6) is -0.200. The first-order valence-electron chi connectivity index (χ1n) is 8.16. The molecular weight excluding hydrogens is 339 g/mol. The quantitative estimate of drug-likeness (QED) is 0.709. The number of benzene rings is 2. The second-order valence-electron chi connectivity index (χ2n) is 5.67. The van der Waals surface area contributed by atoms with Crippen LogP contribution < -0.4 is 15.0 Å². The maximum Gasteiger partial charge on any atom is 0.279 e. The second kappa shape index (κ2) is 9.44. The number of halogens is 1. The fourth-order valence-electron chi connectivity index (χ4n) is 2.59. The molecule has 4 nitrogen and oxygen atoms in total. The summed E-state index contributed by atoms with van der Waals surface area (Å²) in [7, 11) is 1.44. The van der Waals surface area contributed by atoms with Crippen molar-refractivity contribution in [2.45, 2.75) is 18.4 Å². The van der Waals surface area contributed by atoms with E-state index in [9.17, 15) is 9.18 Å². The van der Waals surface area contributed by atoms with Gasteiger partial charge in [-0.2, -0.15) is 0 Å². The van der Waals surface area contributed by atoms with Gasteiger partial charge in [-0.3, -0.25) is 4.79 Å². The molecule has 0 heterocycles. The van der Waals surface area contributed by atoms with Crippen molar-refractivity contribution in [3.05, 3.63) is 53.8 Å². The molecule has 2 aromatic rings. The molecule has 0 spiro atoms. The number of rotatable bonds is 8. The molecule has 2 rings (SSSR count). The largest absolute Gasteiger partial charge is 0.494 e. The zero-order valence-corrected chi connectivity index (χ0v) is 15.6. The molecule has 0 saturated heterocycles. The highest BCUT2D eigenvalue weighted by Crippen LogP contribution is 2.24. The van der Waals surface area contributed by atoms with Crippen molar-refractivity contribution in [1.82, 2.24) is 0 Å². The van der Waals surface area contributed by atoms with E-state index in [1.807, 2.05) is 43.5 Å². The fourth-order valence-corrected chi connectivity index (χ4v) is 3.14. The van der Waals surface area contributed by atoms with E-state index in [0.29, 0.717) is 13.1 Å². The maximum absolute atomic E-state index is 13.8. The number of methoxy groups -OCH3 is 1. The molecule has 0 aromatic heterocycles. The number of hydrogen-bond donors (Lipinski definition) is 2. The molecule has 134 valence electrons. The Morgan fingerprint density at radius 1 is 1.28 bits per heavy atom. The van der Waals surface area contributed by atoms with Gasteiger partial charge in [-0.25, -0.2) is 4.39 Å². The Morgan fingerprint density at radius 3 is 2.68 bits per heavy atom. The topological polar surface area (TPSA) is 42.8 Å². The number of ether oxygens (including phenoxy) is 1. The third-order valence-corrected chi connectivity index (χ3v) is 4.76. The van der Waals surface area contributed by atoms with Gasteiger partial charge in [0.2, 0.25) is 0 Å². The Balaban J connectivity index is 1.99. The van der Waals surface area contributed by atoms with Crippen molar-refractivity contribution >= 4 is 23.4 Å². The minimum Gasteiger partial charge on any atom is -0.494 e. The van der Waals surface area contributed by atoms with Gasteiger partial charge in [-0.05, 0) is 43.5 Å². The van der Waals surface area contributed by atoms with E-state index < -0.39 is 0 Å². The van der Waals surface area contributed by atoms with Gasteiger partial charge in [0.1, 0.15) is 6.54 Å². The summed E-state index contributed by atoms with van der Waals surface area (Å²) in [6.07, 6.45) is 1.98. The lowest BCUT2D eigenvalue weighted by atomic mass is 10.2. The van der Waals surface area contributed by atoms with Crippen LogP contribution in [-0.4, -0.2) is 32.4 Å². The number of amides is 1. The molecule has 2 aromatic carbocycles. The zero-order valence-electron chi connectivity index (χ0n) is 14.8. The van der Waals surface area contributed by atoms with Crippen molar-refractivity contribution in [1.29, 1.82) is 0 Å². The predicted molar refractivity (Wildman–Crippen MR) is 99.9 cm³/mol. The molecule has 1 unspecified atom stereocenters. The molecule has 0 saturated carbocycles. The number of nitrogens with one attached hydrogen (secondary N) is 2. The third-order valence-electron chi connectivity index (χ3n) is 3.96. The maximum atomic E-state index is 13.8. The monoisotopic (exact) mass is 363 g/mol. The van der Waals surface area contributed by atoms with Crippen LogP contribution in [0.4, 0.5) is 10.1 Å². The number of likely N-dealkylation sites (N-methyl/N-ethyl adjacent to an activating group) is 1. The molecule has 0 fully saturated rings. The number of quaternary nitrogens is 1. The fraction of sp³-hybridized carbons (Fsp3) is 0.316. The summed E-state index contributed by atoms with van der Waals surface area (Å²) in [6.45, 7) is 3.69. The summed E-state index contributed by atoms with van der Waals surface area (Å²) in [5.41, 5.74) is 1.67. The van der Waals surface area contributed by atoms with Crippen LogP contribution in [0.25, 0.3) is 0 Å². The summed E-state index contributed by atoms with van der Waals surface area (Å²) in [5, 5.41) is 2.97. The van der Waals surface area contributed by atoms with Crippen LogP contribution >= 0.6 is 11.8 Å². The number of carbonyl (C=O) groups excluding carboxylic acids is 1. The number of thioether (sulfide) groups is 1. The van der Waals surface area contributed by atoms with Crippen LogP contribution in [0.2, 0.25) is 0 Å². The lowest BCUT2D eigenvalue weighted by Gasteiger charge is -2.18. The normalized spacial score (nSPS) is 11.8. The van der Waals surface area contributed by atoms with Crippen molar-refractivity contribution in [2.75, 3.05) is 31.8 Å². The van der Waals surface area contributed by atoms with Crippen LogP contribution in [-0.2, 0) is 11.3 Å². The molecule has 0 bridgehead atoms. The van der Waals surface area contributed by atoms with Gasteiger partial charge in [0.05, 0.1) is 19.3 Å². The van der Waals surface area contributed by atoms with Crippen molar-refractivity contribution < 1.29 is 18.8 Å². The van der Waals surface area contributed by atoms with Gasteiger partial charge in [0.15, 0.2) is 18.1 Å². The van der Waals surface area contributed by atoms with E-state index in [4.69, 9.17) is 4.74 Å². The summed E-state index contributed by atoms with van der Waals surface area (Å²) < 4.78 is 18.8. The highest BCUT2D eigenvalue weighted by Gasteiger charge is 2.15. The minimum absolute atomic E-state index is 0.0488. The SMILES string of the molecule is CC[NH+](CC(=O)Nc1ccccc1SC)Cc1ccc(OC)c(F)c1. The van der Waals surface area contributed by atoms with Crippen molar-refractivity contribution in [3.63, 3.8) is 0 Å². The van der Waals surface area contributed by atoms with Gasteiger partial charge in [0, 0.05) is 10.5 Å². The van der Waals surface area contributed by atoms with E-state index in [-0.39, 0.29) is 17.5 Å². The minimum atomic E-state index is -0.381. The van der Waals surface area contributed by atoms with Crippen LogP contribution in [0.1, 0.15) is 12.5 Å². The average Bonchev–Trinajstić information content (AvgIpc) is 2.61. The average molecular weight is 363 g/mol. The molecule has 0 radical (unpaired) electrons. The molecule has 1 atom stereocenters. The summed E-state index contributed by atoms with van der Waals surface area (Å²) >= 11 is 1.59. The van der Waals surface area contributed by atoms with Crippen molar-refractivity contribution in [3.8, 4) is 5.75 Å². The third kappa shape index (κ3) is 5.47. The highest BCUT2D eigenvalue weighted by atomic mass is 32.2. The van der Waals surface area contributed by atoms with Crippen LogP contribution in [0.3, 0.4) is 0 Å². The van der Waals surface area contributed by atoms with Gasteiger partial charge < -0.3 is 15.0 Å². The van der Waals surface area contributed by atoms with E-state index in [2.05, 4.69) is 5.32 Å². The highest BCUT2D eigenvalue weighted by molar-refractivity contribution is 7.98. The molecule has 2 N–H and O–H groups in total. The molecular formula is C19H24FN2O2S+. The first-order valence-corrected chi connectivity index (χ1v) is 9.38. The van der Waals surface area contributed by atoms with E-state index in [1.165, 1.54) is 13.2 Å². The second-order valence-corrected chi connectivity index (χ2v) is 6.52. The summed E-state index contributed by atoms with van der Waals surface area (Å²) in [4.78, 5) is 14.5. The Hall–Kier alpha value is -2.05. The standard InChI is InChI=1S/C19H23FN2O2S/c1-4-22(12-14-9-10-17(24-2)15(20)11-14)13-19(23)21-16-7-5-6-8-18(16)25-3/h5-11H,4,12-13H2,1-3H3,(H,21,23)/p+1. The summed E-state index contributed by atoms with van der Waals surface area (Å²) in [6, 6.07) is 12.6. The lowest BCUT2D eigenvalue weighted by molar-refractivity contribution is -0.903. The number of carbonyl (C=O) groups is 1. The van der Waals surface area contributed by atoms with Gasteiger partial charge in [-0.15, -0.1) is 11.8 Å². The van der Waals surface area contributed by atoms with Crippen molar-refractivity contribution in [2.24, 2.45) is 0 Å². The number of para-hydroxylation sites is 1. The molecule has 1 amide bonds. The van der Waals surface area contributed by atoms with Gasteiger partial charge in [0.25, 0.3) is 5.91 Å². The van der Waals surface area contributed by atoms with E-state index >= 15 is 0 Å². The number of hydrogen-bond acceptors (Lipinski definition) is 3. The molecule has 0 aliphatic carbocycles. The Labute approximate surface area is 152 Å². The Kier molecular flexibility index (Phi) is 7.28. The molecule has 6 heteroatoms. The first kappa shape index (κ1) is 19.3. The van der Waals surface area contributed by atoms with Gasteiger partial charge >= 0.3 is 0 Å². The zero-order chi connectivity index (χ0) is 18.2.